The van der Waals surface area contributed by atoms with Crippen molar-refractivity contribution in [1.29, 1.82) is 0 Å². The number of carbonyl (C=O) groups is 2. The number of fused-ring (bicyclic) bond motifs is 1. The molecule has 0 saturated heterocycles. The van der Waals surface area contributed by atoms with Crippen LogP contribution in [-0.4, -0.2) is 18.5 Å². The molecule has 0 unspecified atom stereocenters. The van der Waals surface area contributed by atoms with E-state index in [9.17, 15) is 9.59 Å². The van der Waals surface area contributed by atoms with Crippen LogP contribution in [0.2, 0.25) is 0 Å². The molecule has 1 amide bonds. The second-order valence-corrected chi connectivity index (χ2v) is 3.19. The van der Waals surface area contributed by atoms with Gasteiger partial charge >= 0.3 is 5.97 Å². The summed E-state index contributed by atoms with van der Waals surface area (Å²) in [5, 5.41) is 0.800. The normalized spacial score (nSPS) is 10.2. The standard InChI is InChI=1S/C11H9NO4/c12-10(13)6-15-11(14)9-5-7-3-1-2-4-8(7)16-9/h1-5H,6H2,(H2,12,13). The van der Waals surface area contributed by atoms with E-state index in [0.717, 1.165) is 5.39 Å². The summed E-state index contributed by atoms with van der Waals surface area (Å²) in [6.07, 6.45) is 0. The number of carbonyl (C=O) groups excluding carboxylic acids is 2. The van der Waals surface area contributed by atoms with Crippen molar-refractivity contribution < 1.29 is 18.7 Å². The Labute approximate surface area is 90.8 Å². The molecule has 0 atom stereocenters. The lowest BCUT2D eigenvalue weighted by Gasteiger charge is -1.97. The van der Waals surface area contributed by atoms with Gasteiger partial charge in [-0.1, -0.05) is 18.2 Å². The van der Waals surface area contributed by atoms with E-state index in [1.807, 2.05) is 12.1 Å². The molecule has 0 fully saturated rings. The molecule has 0 aliphatic rings. The topological polar surface area (TPSA) is 82.5 Å². The van der Waals surface area contributed by atoms with Crippen LogP contribution in [0.3, 0.4) is 0 Å². The van der Waals surface area contributed by atoms with Gasteiger partial charge in [0.1, 0.15) is 5.58 Å². The molecule has 0 aliphatic heterocycles. The van der Waals surface area contributed by atoms with Crippen molar-refractivity contribution in [3.63, 3.8) is 0 Å². The van der Waals surface area contributed by atoms with Crippen molar-refractivity contribution in [2.24, 2.45) is 5.73 Å². The molecule has 2 N–H and O–H groups in total. The van der Waals surface area contributed by atoms with Crippen LogP contribution in [0.5, 0.6) is 0 Å². The number of hydrogen-bond donors (Lipinski definition) is 1. The Morgan fingerprint density at radius 2 is 2.06 bits per heavy atom. The zero-order chi connectivity index (χ0) is 11.5. The Morgan fingerprint density at radius 3 is 2.75 bits per heavy atom. The van der Waals surface area contributed by atoms with Gasteiger partial charge in [-0.05, 0) is 12.1 Å². The first-order valence-corrected chi connectivity index (χ1v) is 4.61. The van der Waals surface area contributed by atoms with Crippen molar-refractivity contribution in [2.45, 2.75) is 0 Å². The van der Waals surface area contributed by atoms with Gasteiger partial charge in [-0.2, -0.15) is 0 Å². The zero-order valence-corrected chi connectivity index (χ0v) is 8.30. The molecule has 0 radical (unpaired) electrons. The molecule has 1 heterocycles. The molecule has 5 heteroatoms. The Bertz CT molecular complexity index is 511. The average molecular weight is 219 g/mol. The van der Waals surface area contributed by atoms with Gasteiger partial charge < -0.3 is 14.9 Å². The van der Waals surface area contributed by atoms with Crippen LogP contribution in [0.4, 0.5) is 0 Å². The number of rotatable bonds is 3. The van der Waals surface area contributed by atoms with E-state index in [1.165, 1.54) is 0 Å². The number of furan rings is 1. The lowest BCUT2D eigenvalue weighted by atomic mass is 10.2. The maximum Gasteiger partial charge on any atom is 0.374 e. The predicted molar refractivity (Wildman–Crippen MR) is 55.7 cm³/mol. The third-order valence-corrected chi connectivity index (χ3v) is 1.97. The van der Waals surface area contributed by atoms with Gasteiger partial charge in [0.15, 0.2) is 6.61 Å². The van der Waals surface area contributed by atoms with Gasteiger partial charge in [0.2, 0.25) is 5.76 Å². The highest BCUT2D eigenvalue weighted by Crippen LogP contribution is 2.19. The van der Waals surface area contributed by atoms with Crippen molar-refractivity contribution in [3.05, 3.63) is 36.1 Å². The number of benzene rings is 1. The second kappa shape index (κ2) is 4.06. The van der Waals surface area contributed by atoms with E-state index >= 15 is 0 Å². The minimum atomic E-state index is -0.704. The number of para-hydroxylation sites is 1. The van der Waals surface area contributed by atoms with Gasteiger partial charge in [-0.3, -0.25) is 4.79 Å². The highest BCUT2D eigenvalue weighted by molar-refractivity contribution is 5.93. The van der Waals surface area contributed by atoms with Crippen molar-refractivity contribution in [1.82, 2.24) is 0 Å². The van der Waals surface area contributed by atoms with E-state index in [4.69, 9.17) is 10.2 Å². The molecule has 0 aliphatic carbocycles. The molecule has 1 aromatic carbocycles. The fourth-order valence-electron chi connectivity index (χ4n) is 1.29. The maximum absolute atomic E-state index is 11.4. The summed E-state index contributed by atoms with van der Waals surface area (Å²) < 4.78 is 9.85. The lowest BCUT2D eigenvalue weighted by Crippen LogP contribution is -2.20. The molecule has 2 rings (SSSR count). The number of primary amides is 1. The molecule has 0 spiro atoms. The largest absolute Gasteiger partial charge is 0.450 e. The van der Waals surface area contributed by atoms with E-state index in [1.54, 1.807) is 18.2 Å². The van der Waals surface area contributed by atoms with Crippen molar-refractivity contribution in [2.75, 3.05) is 6.61 Å². The highest BCUT2D eigenvalue weighted by atomic mass is 16.5. The molecular formula is C11H9NO4. The summed E-state index contributed by atoms with van der Waals surface area (Å²) >= 11 is 0. The Kier molecular flexibility index (Phi) is 2.59. The second-order valence-electron chi connectivity index (χ2n) is 3.19. The van der Waals surface area contributed by atoms with Gasteiger partial charge in [0.25, 0.3) is 5.91 Å². The van der Waals surface area contributed by atoms with Crippen LogP contribution in [0.25, 0.3) is 11.0 Å². The smallest absolute Gasteiger partial charge is 0.374 e. The third kappa shape index (κ3) is 2.03. The predicted octanol–water partition coefficient (Wildman–Crippen LogP) is 1.07. The number of esters is 1. The molecule has 0 saturated carbocycles. The van der Waals surface area contributed by atoms with Crippen LogP contribution >= 0.6 is 0 Å². The van der Waals surface area contributed by atoms with Crippen LogP contribution < -0.4 is 5.73 Å². The molecule has 82 valence electrons. The molecule has 16 heavy (non-hydrogen) atoms. The monoisotopic (exact) mass is 219 g/mol. The van der Waals surface area contributed by atoms with Crippen LogP contribution in [0.1, 0.15) is 10.6 Å². The number of ether oxygens (including phenoxy) is 1. The molecule has 5 nitrogen and oxygen atoms in total. The average Bonchev–Trinajstić information content (AvgIpc) is 2.69. The first-order chi connectivity index (χ1) is 7.66. The van der Waals surface area contributed by atoms with Crippen LogP contribution in [0.15, 0.2) is 34.7 Å². The quantitative estimate of drug-likeness (QED) is 0.783. The summed E-state index contributed by atoms with van der Waals surface area (Å²) in [4.78, 5) is 21.8. The SMILES string of the molecule is NC(=O)COC(=O)c1cc2ccccc2o1. The zero-order valence-electron chi connectivity index (χ0n) is 8.30. The lowest BCUT2D eigenvalue weighted by molar-refractivity contribution is -0.121. The Hall–Kier alpha value is -2.30. The summed E-state index contributed by atoms with van der Waals surface area (Å²) in [6, 6.07) is 8.73. The summed E-state index contributed by atoms with van der Waals surface area (Å²) in [6.45, 7) is -0.449. The number of amides is 1. The molecule has 1 aromatic heterocycles. The van der Waals surface area contributed by atoms with E-state index in [-0.39, 0.29) is 5.76 Å². The van der Waals surface area contributed by atoms with E-state index < -0.39 is 18.5 Å². The number of nitrogens with two attached hydrogens (primary N) is 1. The maximum atomic E-state index is 11.4. The van der Waals surface area contributed by atoms with Gasteiger partial charge in [0, 0.05) is 5.39 Å². The molecular weight excluding hydrogens is 210 g/mol. The highest BCUT2D eigenvalue weighted by Gasteiger charge is 2.13. The third-order valence-electron chi connectivity index (χ3n) is 1.97. The summed E-state index contributed by atoms with van der Waals surface area (Å²) in [7, 11) is 0. The fraction of sp³-hybridized carbons (Fsp3) is 0.0909. The van der Waals surface area contributed by atoms with E-state index in [2.05, 4.69) is 4.74 Å². The van der Waals surface area contributed by atoms with E-state index in [0.29, 0.717) is 5.58 Å². The summed E-state index contributed by atoms with van der Waals surface area (Å²) in [5.74, 6) is -1.35. The van der Waals surface area contributed by atoms with Crippen molar-refractivity contribution in [3.8, 4) is 0 Å². The Morgan fingerprint density at radius 1 is 1.31 bits per heavy atom. The van der Waals surface area contributed by atoms with Crippen LogP contribution in [-0.2, 0) is 9.53 Å². The van der Waals surface area contributed by atoms with Gasteiger partial charge in [-0.15, -0.1) is 0 Å². The molecule has 0 bridgehead atoms. The number of hydrogen-bond acceptors (Lipinski definition) is 4. The van der Waals surface area contributed by atoms with Gasteiger partial charge in [0.05, 0.1) is 0 Å². The minimum Gasteiger partial charge on any atom is -0.450 e. The van der Waals surface area contributed by atoms with Crippen LogP contribution in [0, 0.1) is 0 Å². The Balaban J connectivity index is 2.20. The first kappa shape index (κ1) is 10.2. The minimum absolute atomic E-state index is 0.0578. The van der Waals surface area contributed by atoms with Gasteiger partial charge in [-0.25, -0.2) is 4.79 Å². The first-order valence-electron chi connectivity index (χ1n) is 4.61. The fourth-order valence-corrected chi connectivity index (χ4v) is 1.29. The summed E-state index contributed by atoms with van der Waals surface area (Å²) in [5.41, 5.74) is 5.44. The van der Waals surface area contributed by atoms with Crippen molar-refractivity contribution >= 4 is 22.8 Å². The molecule has 2 aromatic rings.